The molecule has 0 aliphatic carbocycles. The molecule has 0 saturated heterocycles. The predicted molar refractivity (Wildman–Crippen MR) is 89.2 cm³/mol. The van der Waals surface area contributed by atoms with Crippen molar-refractivity contribution in [1.29, 1.82) is 0 Å². The van der Waals surface area contributed by atoms with E-state index in [9.17, 15) is 9.59 Å². The molecular formula is C15H31ClN2O4. The van der Waals surface area contributed by atoms with Gasteiger partial charge in [0.25, 0.3) is 0 Å². The van der Waals surface area contributed by atoms with E-state index in [0.29, 0.717) is 13.0 Å². The van der Waals surface area contributed by atoms with Gasteiger partial charge in [-0.15, -0.1) is 12.4 Å². The van der Waals surface area contributed by atoms with Gasteiger partial charge in [0.1, 0.15) is 17.2 Å². The van der Waals surface area contributed by atoms with Crippen LogP contribution in [0.15, 0.2) is 0 Å². The Morgan fingerprint density at radius 2 is 1.50 bits per heavy atom. The van der Waals surface area contributed by atoms with Gasteiger partial charge in [-0.05, 0) is 67.3 Å². The number of ether oxygens (including phenoxy) is 2. The van der Waals surface area contributed by atoms with Crippen LogP contribution in [-0.4, -0.2) is 35.9 Å². The van der Waals surface area contributed by atoms with Crippen molar-refractivity contribution in [3.05, 3.63) is 0 Å². The lowest BCUT2D eigenvalue weighted by molar-refractivity contribution is -0.157. The lowest BCUT2D eigenvalue weighted by atomic mass is 10.1. The van der Waals surface area contributed by atoms with Gasteiger partial charge in [0, 0.05) is 0 Å². The molecule has 0 aliphatic heterocycles. The molecule has 1 amide bonds. The summed E-state index contributed by atoms with van der Waals surface area (Å²) in [4.78, 5) is 23.9. The van der Waals surface area contributed by atoms with E-state index >= 15 is 0 Å². The number of hydrogen-bond acceptors (Lipinski definition) is 5. The van der Waals surface area contributed by atoms with E-state index in [0.717, 1.165) is 12.8 Å². The van der Waals surface area contributed by atoms with E-state index in [1.54, 1.807) is 41.5 Å². The van der Waals surface area contributed by atoms with E-state index in [1.807, 2.05) is 0 Å². The van der Waals surface area contributed by atoms with Crippen LogP contribution in [0.4, 0.5) is 4.79 Å². The molecule has 0 aromatic carbocycles. The van der Waals surface area contributed by atoms with Crippen molar-refractivity contribution in [2.45, 2.75) is 78.0 Å². The summed E-state index contributed by atoms with van der Waals surface area (Å²) in [6.07, 6.45) is 1.38. The summed E-state index contributed by atoms with van der Waals surface area (Å²) >= 11 is 0. The number of esters is 1. The highest BCUT2D eigenvalue weighted by atomic mass is 35.5. The van der Waals surface area contributed by atoms with Gasteiger partial charge in [-0.1, -0.05) is 0 Å². The molecule has 6 nitrogen and oxygen atoms in total. The van der Waals surface area contributed by atoms with Gasteiger partial charge < -0.3 is 20.5 Å². The summed E-state index contributed by atoms with van der Waals surface area (Å²) in [5.74, 6) is -0.453. The summed E-state index contributed by atoms with van der Waals surface area (Å²) in [5, 5.41) is 2.58. The molecule has 132 valence electrons. The second-order valence-electron chi connectivity index (χ2n) is 7.02. The van der Waals surface area contributed by atoms with Crippen LogP contribution in [0.2, 0.25) is 0 Å². The Balaban J connectivity index is 0. The number of carbonyl (C=O) groups is 2. The third-order valence-electron chi connectivity index (χ3n) is 2.33. The maximum absolute atomic E-state index is 12.1. The molecule has 0 aromatic heterocycles. The van der Waals surface area contributed by atoms with Gasteiger partial charge in [0.05, 0.1) is 0 Å². The number of unbranched alkanes of at least 4 members (excludes halogenated alkanes) is 1. The Hall–Kier alpha value is -1.01. The Labute approximate surface area is 139 Å². The number of halogens is 1. The Morgan fingerprint density at radius 1 is 1.00 bits per heavy atom. The van der Waals surface area contributed by atoms with Crippen LogP contribution in [0, 0.1) is 0 Å². The quantitative estimate of drug-likeness (QED) is 0.574. The number of hydrogen-bond donors (Lipinski definition) is 2. The van der Waals surface area contributed by atoms with E-state index in [1.165, 1.54) is 0 Å². The molecule has 0 radical (unpaired) electrons. The van der Waals surface area contributed by atoms with Crippen molar-refractivity contribution in [2.24, 2.45) is 5.73 Å². The zero-order valence-corrected chi connectivity index (χ0v) is 15.3. The van der Waals surface area contributed by atoms with Crippen molar-refractivity contribution >= 4 is 24.5 Å². The first kappa shape index (κ1) is 23.3. The van der Waals surface area contributed by atoms with Crippen LogP contribution in [0.1, 0.15) is 60.8 Å². The molecule has 0 bridgehead atoms. The molecular weight excluding hydrogens is 308 g/mol. The summed E-state index contributed by atoms with van der Waals surface area (Å²) in [6, 6.07) is -0.717. The van der Waals surface area contributed by atoms with Crippen LogP contribution in [-0.2, 0) is 14.3 Å². The Kier molecular flexibility index (Phi) is 10.5. The minimum atomic E-state index is -0.717. The molecule has 1 atom stereocenters. The maximum Gasteiger partial charge on any atom is 0.408 e. The van der Waals surface area contributed by atoms with Crippen molar-refractivity contribution in [3.8, 4) is 0 Å². The summed E-state index contributed by atoms with van der Waals surface area (Å²) in [5.41, 5.74) is 4.24. The molecule has 7 heteroatoms. The lowest BCUT2D eigenvalue weighted by Gasteiger charge is -2.26. The van der Waals surface area contributed by atoms with Crippen LogP contribution >= 0.6 is 12.4 Å². The number of carbonyl (C=O) groups excluding carboxylic acids is 2. The molecule has 3 N–H and O–H groups in total. The second kappa shape index (κ2) is 9.90. The zero-order chi connectivity index (χ0) is 16.7. The standard InChI is InChI=1S/C15H30N2O4.ClH/c1-14(2,3)20-12(18)11(9-7-8-10-16)17-13(19)21-15(4,5)6;/h11H,7-10,16H2,1-6H3,(H,17,19);1H/t11-;/m0./s1. The van der Waals surface area contributed by atoms with E-state index in [2.05, 4.69) is 5.32 Å². The first-order chi connectivity index (χ1) is 9.44. The van der Waals surface area contributed by atoms with E-state index < -0.39 is 29.3 Å². The van der Waals surface area contributed by atoms with E-state index in [4.69, 9.17) is 15.2 Å². The fourth-order valence-electron chi connectivity index (χ4n) is 1.56. The third-order valence-corrected chi connectivity index (χ3v) is 2.33. The van der Waals surface area contributed by atoms with Crippen molar-refractivity contribution in [3.63, 3.8) is 0 Å². The van der Waals surface area contributed by atoms with Crippen molar-refractivity contribution in [2.75, 3.05) is 6.54 Å². The van der Waals surface area contributed by atoms with Crippen LogP contribution in [0.5, 0.6) is 0 Å². The largest absolute Gasteiger partial charge is 0.458 e. The topological polar surface area (TPSA) is 90.6 Å². The van der Waals surface area contributed by atoms with Gasteiger partial charge in [-0.2, -0.15) is 0 Å². The number of rotatable bonds is 6. The summed E-state index contributed by atoms with van der Waals surface area (Å²) in [6.45, 7) is 11.2. The monoisotopic (exact) mass is 338 g/mol. The number of nitrogens with two attached hydrogens (primary N) is 1. The molecule has 22 heavy (non-hydrogen) atoms. The second-order valence-corrected chi connectivity index (χ2v) is 7.02. The van der Waals surface area contributed by atoms with Crippen LogP contribution < -0.4 is 11.1 Å². The molecule has 0 aromatic rings. The Bertz CT molecular complexity index is 348. The highest BCUT2D eigenvalue weighted by molar-refractivity contribution is 5.85. The molecule has 0 aliphatic rings. The fourth-order valence-corrected chi connectivity index (χ4v) is 1.56. The number of alkyl carbamates (subject to hydrolysis) is 1. The SMILES string of the molecule is CC(C)(C)OC(=O)N[C@@H](CCCCN)C(=O)OC(C)(C)C.Cl. The molecule has 0 fully saturated rings. The normalized spacial score (nSPS) is 12.9. The van der Waals surface area contributed by atoms with Gasteiger partial charge in [-0.3, -0.25) is 0 Å². The molecule has 0 saturated carbocycles. The van der Waals surface area contributed by atoms with Gasteiger partial charge in [0.2, 0.25) is 0 Å². The predicted octanol–water partition coefficient (Wildman–Crippen LogP) is 2.77. The van der Waals surface area contributed by atoms with Gasteiger partial charge in [-0.25, -0.2) is 9.59 Å². The number of nitrogens with one attached hydrogen (secondary N) is 1. The minimum Gasteiger partial charge on any atom is -0.458 e. The summed E-state index contributed by atoms with van der Waals surface area (Å²) < 4.78 is 10.5. The highest BCUT2D eigenvalue weighted by Crippen LogP contribution is 2.13. The first-order valence-corrected chi connectivity index (χ1v) is 7.37. The molecule has 0 rings (SSSR count). The molecule has 0 unspecified atom stereocenters. The minimum absolute atomic E-state index is 0. The highest BCUT2D eigenvalue weighted by Gasteiger charge is 2.28. The maximum atomic E-state index is 12.1. The van der Waals surface area contributed by atoms with Crippen LogP contribution in [0.3, 0.4) is 0 Å². The zero-order valence-electron chi connectivity index (χ0n) is 14.5. The lowest BCUT2D eigenvalue weighted by Crippen LogP contribution is -2.46. The molecule has 0 spiro atoms. The average molecular weight is 339 g/mol. The van der Waals surface area contributed by atoms with Crippen molar-refractivity contribution in [1.82, 2.24) is 5.32 Å². The summed E-state index contributed by atoms with van der Waals surface area (Å²) in [7, 11) is 0. The smallest absolute Gasteiger partial charge is 0.408 e. The average Bonchev–Trinajstić information content (AvgIpc) is 2.22. The third kappa shape index (κ3) is 12.7. The first-order valence-electron chi connectivity index (χ1n) is 7.37. The van der Waals surface area contributed by atoms with Gasteiger partial charge in [0.15, 0.2) is 0 Å². The fraction of sp³-hybridized carbons (Fsp3) is 0.867. The van der Waals surface area contributed by atoms with Crippen molar-refractivity contribution < 1.29 is 19.1 Å². The van der Waals surface area contributed by atoms with E-state index in [-0.39, 0.29) is 12.4 Å². The number of amides is 1. The molecule has 0 heterocycles. The Morgan fingerprint density at radius 3 is 1.91 bits per heavy atom. The van der Waals surface area contributed by atoms with Crippen LogP contribution in [0.25, 0.3) is 0 Å². The van der Waals surface area contributed by atoms with Gasteiger partial charge >= 0.3 is 12.1 Å².